The van der Waals surface area contributed by atoms with Crippen LogP contribution in [-0.4, -0.2) is 29.9 Å². The summed E-state index contributed by atoms with van der Waals surface area (Å²) in [5, 5.41) is 2.88. The molecule has 0 heterocycles. The van der Waals surface area contributed by atoms with Gasteiger partial charge in [0.15, 0.2) is 0 Å². The Morgan fingerprint density at radius 1 is 1.00 bits per heavy atom. The molecule has 0 unspecified atom stereocenters. The van der Waals surface area contributed by atoms with Gasteiger partial charge in [0.05, 0.1) is 0 Å². The van der Waals surface area contributed by atoms with E-state index in [2.05, 4.69) is 10.3 Å². The van der Waals surface area contributed by atoms with E-state index in [9.17, 15) is 9.59 Å². The zero-order valence-electron chi connectivity index (χ0n) is 19.6. The van der Waals surface area contributed by atoms with E-state index in [4.69, 9.17) is 16.2 Å². The lowest BCUT2D eigenvalue weighted by Gasteiger charge is -2.18. The summed E-state index contributed by atoms with van der Waals surface area (Å²) in [6.45, 7) is 9.65. The van der Waals surface area contributed by atoms with E-state index in [0.29, 0.717) is 25.1 Å². The summed E-state index contributed by atoms with van der Waals surface area (Å²) >= 11 is 0. The molecule has 7 nitrogen and oxygen atoms in total. The molecule has 0 spiro atoms. The minimum atomic E-state index is -0.777. The molecule has 0 saturated carbocycles. The molecule has 0 fully saturated rings. The van der Waals surface area contributed by atoms with E-state index in [-0.39, 0.29) is 5.71 Å². The van der Waals surface area contributed by atoms with Crippen LogP contribution in [-0.2, 0) is 9.53 Å². The first-order valence-corrected chi connectivity index (χ1v) is 10.8. The molecule has 7 heteroatoms. The molecule has 2 amide bonds. The van der Waals surface area contributed by atoms with Crippen LogP contribution in [0.25, 0.3) is 11.1 Å². The topological polar surface area (TPSA) is 120 Å². The second-order valence-electron chi connectivity index (χ2n) is 8.84. The number of aryl methyl sites for hydroxylation is 2. The number of nitrogens with zero attached hydrogens (tertiary/aromatic N) is 1. The molecule has 0 saturated heterocycles. The minimum absolute atomic E-state index is 0.130. The molecular weight excluding hydrogens is 404 g/mol. The molecule has 0 aliphatic carbocycles. The van der Waals surface area contributed by atoms with Crippen molar-refractivity contribution in [3.05, 3.63) is 47.5 Å². The molecule has 0 radical (unpaired) electrons. The van der Waals surface area contributed by atoms with Crippen molar-refractivity contribution in [1.29, 1.82) is 0 Å². The Morgan fingerprint density at radius 3 is 2.19 bits per heavy atom. The van der Waals surface area contributed by atoms with Crippen LogP contribution >= 0.6 is 0 Å². The van der Waals surface area contributed by atoms with E-state index < -0.39 is 17.6 Å². The van der Waals surface area contributed by atoms with Crippen LogP contribution in [0.4, 0.5) is 16.2 Å². The number of anilines is 2. The van der Waals surface area contributed by atoms with Gasteiger partial charge in [-0.15, -0.1) is 0 Å². The van der Waals surface area contributed by atoms with Crippen LogP contribution in [0.1, 0.15) is 51.2 Å². The first kappa shape index (κ1) is 25.1. The number of amides is 2. The number of carbonyl (C=O) groups excluding carboxylic acids is 2. The summed E-state index contributed by atoms with van der Waals surface area (Å²) < 4.78 is 5.24. The maximum absolute atomic E-state index is 12.9. The molecule has 5 N–H and O–H groups in total. The van der Waals surface area contributed by atoms with Crippen molar-refractivity contribution in [3.8, 4) is 11.1 Å². The second-order valence-corrected chi connectivity index (χ2v) is 8.84. The van der Waals surface area contributed by atoms with Crippen LogP contribution in [0.2, 0.25) is 0 Å². The smallest absolute Gasteiger partial charge is 0.434 e. The summed E-state index contributed by atoms with van der Waals surface area (Å²) in [7, 11) is 0. The number of benzene rings is 2. The SMILES string of the molecule is Cc1cc(-c2ccc(NC(=O)C(CCCCN)=NC(=O)OC(C)(C)C)c(C)c2)ccc1N. The number of aliphatic imine (C=N–C) groups is 1. The third kappa shape index (κ3) is 7.50. The largest absolute Gasteiger partial charge is 0.442 e. The molecule has 32 heavy (non-hydrogen) atoms. The molecule has 0 bridgehead atoms. The number of hydrogen-bond acceptors (Lipinski definition) is 5. The van der Waals surface area contributed by atoms with Gasteiger partial charge in [-0.3, -0.25) is 4.79 Å². The average Bonchev–Trinajstić information content (AvgIpc) is 2.69. The maximum Gasteiger partial charge on any atom is 0.434 e. The summed E-state index contributed by atoms with van der Waals surface area (Å²) in [6.07, 6.45) is 0.945. The average molecular weight is 439 g/mol. The number of nitrogens with one attached hydrogen (secondary N) is 1. The predicted molar refractivity (Wildman–Crippen MR) is 131 cm³/mol. The lowest BCUT2D eigenvalue weighted by molar-refractivity contribution is -0.110. The maximum atomic E-state index is 12.9. The Labute approximate surface area is 190 Å². The van der Waals surface area contributed by atoms with Gasteiger partial charge in [0.25, 0.3) is 5.91 Å². The number of carbonyl (C=O) groups is 2. The Bertz CT molecular complexity index is 1010. The Balaban J connectivity index is 2.22. The van der Waals surface area contributed by atoms with Crippen molar-refractivity contribution in [1.82, 2.24) is 0 Å². The van der Waals surface area contributed by atoms with Crippen molar-refractivity contribution in [3.63, 3.8) is 0 Å². The third-order valence-electron chi connectivity index (χ3n) is 4.83. The highest BCUT2D eigenvalue weighted by Crippen LogP contribution is 2.27. The van der Waals surface area contributed by atoms with Gasteiger partial charge < -0.3 is 21.5 Å². The van der Waals surface area contributed by atoms with Crippen molar-refractivity contribution in [2.75, 3.05) is 17.6 Å². The second kappa shape index (κ2) is 10.9. The molecule has 2 aromatic rings. The van der Waals surface area contributed by atoms with Gasteiger partial charge in [0.2, 0.25) is 0 Å². The van der Waals surface area contributed by atoms with Crippen LogP contribution in [0.5, 0.6) is 0 Å². The van der Waals surface area contributed by atoms with Crippen molar-refractivity contribution in [2.45, 2.75) is 59.5 Å². The zero-order valence-corrected chi connectivity index (χ0v) is 19.6. The molecule has 2 aromatic carbocycles. The summed E-state index contributed by atoms with van der Waals surface area (Å²) in [6, 6.07) is 11.7. The molecule has 0 aliphatic rings. The normalized spacial score (nSPS) is 11.9. The van der Waals surface area contributed by atoms with Gasteiger partial charge >= 0.3 is 6.09 Å². The van der Waals surface area contributed by atoms with Crippen molar-refractivity contribution < 1.29 is 14.3 Å². The summed E-state index contributed by atoms with van der Waals surface area (Å²) in [5.41, 5.74) is 16.3. The highest BCUT2D eigenvalue weighted by Gasteiger charge is 2.19. The highest BCUT2D eigenvalue weighted by molar-refractivity contribution is 6.44. The van der Waals surface area contributed by atoms with Gasteiger partial charge in [-0.1, -0.05) is 12.1 Å². The zero-order chi connectivity index (χ0) is 23.9. The van der Waals surface area contributed by atoms with Crippen molar-refractivity contribution in [2.24, 2.45) is 10.7 Å². The van der Waals surface area contributed by atoms with Gasteiger partial charge in [0, 0.05) is 11.4 Å². The highest BCUT2D eigenvalue weighted by atomic mass is 16.6. The number of ether oxygens (including phenoxy) is 1. The molecule has 0 aliphatic heterocycles. The molecule has 2 rings (SSSR count). The standard InChI is InChI=1S/C25H34N4O3/c1-16-14-18(9-11-20(16)27)19-10-12-21(17(2)15-19)28-23(30)22(8-6-7-13-26)29-24(31)32-25(3,4)5/h9-12,14-15H,6-8,13,26-27H2,1-5H3,(H,28,30). The molecule has 0 aromatic heterocycles. The van der Waals surface area contributed by atoms with Crippen LogP contribution in [0.3, 0.4) is 0 Å². The van der Waals surface area contributed by atoms with E-state index >= 15 is 0 Å². The monoisotopic (exact) mass is 438 g/mol. The van der Waals surface area contributed by atoms with Gasteiger partial charge in [-0.2, -0.15) is 4.99 Å². The van der Waals surface area contributed by atoms with Gasteiger partial charge in [-0.25, -0.2) is 4.79 Å². The Hall–Kier alpha value is -3.19. The third-order valence-corrected chi connectivity index (χ3v) is 4.83. The number of nitrogen functional groups attached to an aromatic ring is 1. The van der Waals surface area contributed by atoms with Gasteiger partial charge in [0.1, 0.15) is 11.3 Å². The summed E-state index contributed by atoms with van der Waals surface area (Å²) in [4.78, 5) is 29.0. The first-order valence-electron chi connectivity index (χ1n) is 10.8. The number of rotatable bonds is 7. The molecular formula is C25H34N4O3. The molecule has 0 atom stereocenters. The fourth-order valence-electron chi connectivity index (χ4n) is 3.09. The molecule has 172 valence electrons. The van der Waals surface area contributed by atoms with E-state index in [1.807, 2.05) is 50.2 Å². The van der Waals surface area contributed by atoms with E-state index in [1.54, 1.807) is 20.8 Å². The number of unbranched alkanes of at least 4 members (excludes halogenated alkanes) is 1. The fourth-order valence-corrected chi connectivity index (χ4v) is 3.09. The van der Waals surface area contributed by atoms with E-state index in [0.717, 1.165) is 34.4 Å². The van der Waals surface area contributed by atoms with Crippen LogP contribution < -0.4 is 16.8 Å². The van der Waals surface area contributed by atoms with Crippen LogP contribution in [0, 0.1) is 13.8 Å². The summed E-state index contributed by atoms with van der Waals surface area (Å²) in [5.74, 6) is -0.424. The lowest BCUT2D eigenvalue weighted by Crippen LogP contribution is -2.27. The Morgan fingerprint density at radius 2 is 1.62 bits per heavy atom. The number of nitrogens with two attached hydrogens (primary N) is 2. The quantitative estimate of drug-likeness (QED) is 0.319. The predicted octanol–water partition coefficient (Wildman–Crippen LogP) is 5.00. The number of hydrogen-bond donors (Lipinski definition) is 3. The van der Waals surface area contributed by atoms with E-state index in [1.165, 1.54) is 0 Å². The Kier molecular flexibility index (Phi) is 8.55. The van der Waals surface area contributed by atoms with Gasteiger partial charge in [-0.05, 0) is 107 Å². The first-order chi connectivity index (χ1) is 15.0. The van der Waals surface area contributed by atoms with Crippen molar-refractivity contribution >= 4 is 29.1 Å². The minimum Gasteiger partial charge on any atom is -0.442 e. The fraction of sp³-hybridized carbons (Fsp3) is 0.400. The lowest BCUT2D eigenvalue weighted by atomic mass is 10.00. The van der Waals surface area contributed by atoms with Crippen LogP contribution in [0.15, 0.2) is 41.4 Å².